The molecule has 0 saturated carbocycles. The predicted molar refractivity (Wildman–Crippen MR) is 72.0 cm³/mol. The van der Waals surface area contributed by atoms with Crippen LogP contribution in [0.3, 0.4) is 0 Å². The first-order chi connectivity index (χ1) is 8.83. The van der Waals surface area contributed by atoms with Crippen LogP contribution in [0.5, 0.6) is 0 Å². The van der Waals surface area contributed by atoms with Crippen molar-refractivity contribution in [2.75, 3.05) is 6.54 Å². The van der Waals surface area contributed by atoms with E-state index in [9.17, 15) is 4.79 Å². The molecule has 3 heterocycles. The Bertz CT molecular complexity index is 509. The van der Waals surface area contributed by atoms with Gasteiger partial charge in [-0.3, -0.25) is 9.20 Å². The zero-order chi connectivity index (χ0) is 12.4. The van der Waals surface area contributed by atoms with Crippen LogP contribution < -0.4 is 5.32 Å². The van der Waals surface area contributed by atoms with Crippen molar-refractivity contribution in [2.45, 2.75) is 38.1 Å². The van der Waals surface area contributed by atoms with Gasteiger partial charge in [-0.05, 0) is 19.4 Å². The number of carbonyl (C=O) groups is 1. The highest BCUT2D eigenvalue weighted by Crippen LogP contribution is 2.14. The second-order valence-corrected chi connectivity index (χ2v) is 5.70. The number of hydrogen-bond acceptors (Lipinski definition) is 4. The van der Waals surface area contributed by atoms with Gasteiger partial charge >= 0.3 is 0 Å². The lowest BCUT2D eigenvalue weighted by Gasteiger charge is -2.13. The molecule has 0 aliphatic carbocycles. The second-order valence-electron chi connectivity index (χ2n) is 4.82. The molecule has 0 aromatic carbocycles. The molecule has 1 N–H and O–H groups in total. The summed E-state index contributed by atoms with van der Waals surface area (Å²) in [6.45, 7) is 0.967. The number of nitrogens with zero attached hydrogens (tertiary/aromatic N) is 2. The number of carbonyl (C=O) groups excluding carboxylic acids is 1. The van der Waals surface area contributed by atoms with Crippen molar-refractivity contribution in [1.29, 1.82) is 0 Å². The molecule has 18 heavy (non-hydrogen) atoms. The van der Waals surface area contributed by atoms with Crippen molar-refractivity contribution in [3.63, 3.8) is 0 Å². The van der Waals surface area contributed by atoms with Gasteiger partial charge < -0.3 is 5.32 Å². The van der Waals surface area contributed by atoms with Gasteiger partial charge in [-0.2, -0.15) is 0 Å². The summed E-state index contributed by atoms with van der Waals surface area (Å²) in [5.41, 5.74) is 0.887. The average molecular weight is 263 g/mol. The lowest BCUT2D eigenvalue weighted by molar-refractivity contribution is -0.120. The fraction of sp³-hybridized carbons (Fsp3) is 0.538. The number of imidazole rings is 1. The summed E-state index contributed by atoms with van der Waals surface area (Å²) in [5.74, 6) is 0.280. The second kappa shape index (κ2) is 5.20. The zero-order valence-corrected chi connectivity index (χ0v) is 11.1. The van der Waals surface area contributed by atoms with Gasteiger partial charge in [0.05, 0.1) is 18.2 Å². The summed E-state index contributed by atoms with van der Waals surface area (Å²) >= 11 is 1.60. The Morgan fingerprint density at radius 1 is 1.50 bits per heavy atom. The van der Waals surface area contributed by atoms with Crippen LogP contribution >= 0.6 is 11.3 Å². The number of nitrogens with one attached hydrogen (secondary N) is 1. The summed E-state index contributed by atoms with van der Waals surface area (Å²) in [6, 6.07) is 0.0345. The maximum atomic E-state index is 12.2. The van der Waals surface area contributed by atoms with E-state index in [1.807, 2.05) is 22.2 Å². The molecule has 0 amide bonds. The van der Waals surface area contributed by atoms with E-state index in [0.717, 1.165) is 30.0 Å². The number of hydrogen-bond donors (Lipinski definition) is 1. The molecule has 0 radical (unpaired) electrons. The van der Waals surface area contributed by atoms with Crippen molar-refractivity contribution in [3.05, 3.63) is 23.5 Å². The van der Waals surface area contributed by atoms with Gasteiger partial charge in [-0.15, -0.1) is 11.3 Å². The smallest absolute Gasteiger partial charge is 0.193 e. The first-order valence-electron chi connectivity index (χ1n) is 6.50. The minimum absolute atomic E-state index is 0.0345. The maximum Gasteiger partial charge on any atom is 0.193 e. The zero-order valence-electron chi connectivity index (χ0n) is 10.3. The van der Waals surface area contributed by atoms with Crippen LogP contribution in [0.15, 0.2) is 17.8 Å². The number of ketones is 1. The Hall–Kier alpha value is -1.20. The highest BCUT2D eigenvalue weighted by Gasteiger charge is 2.20. The molecular weight excluding hydrogens is 246 g/mol. The quantitative estimate of drug-likeness (QED) is 0.921. The molecule has 4 nitrogen and oxygen atoms in total. The fourth-order valence-electron chi connectivity index (χ4n) is 2.47. The van der Waals surface area contributed by atoms with Crippen LogP contribution in [0, 0.1) is 0 Å². The van der Waals surface area contributed by atoms with Crippen LogP contribution in [-0.2, 0) is 11.2 Å². The molecule has 1 aliphatic rings. The van der Waals surface area contributed by atoms with Crippen LogP contribution in [0.2, 0.25) is 0 Å². The number of rotatable bonds is 3. The van der Waals surface area contributed by atoms with Crippen molar-refractivity contribution in [2.24, 2.45) is 0 Å². The third kappa shape index (κ3) is 2.47. The van der Waals surface area contributed by atoms with E-state index >= 15 is 0 Å². The molecule has 0 bridgehead atoms. The molecule has 5 heteroatoms. The van der Waals surface area contributed by atoms with E-state index in [1.54, 1.807) is 11.3 Å². The monoisotopic (exact) mass is 263 g/mol. The number of fused-ring (bicyclic) bond motifs is 1. The van der Waals surface area contributed by atoms with E-state index in [2.05, 4.69) is 10.3 Å². The van der Waals surface area contributed by atoms with Gasteiger partial charge in [0.2, 0.25) is 0 Å². The molecule has 3 rings (SSSR count). The van der Waals surface area contributed by atoms with E-state index in [4.69, 9.17) is 0 Å². The first kappa shape index (κ1) is 11.9. The Morgan fingerprint density at radius 3 is 3.33 bits per heavy atom. The molecule has 1 atom stereocenters. The standard InChI is InChI=1S/C13H17N3OS/c17-12(11-4-2-1-3-5-14-11)8-10-9-16-6-7-18-13(16)15-10/h6-7,9,11,14H,1-5,8H2. The Balaban J connectivity index is 1.67. The largest absolute Gasteiger partial charge is 0.307 e. The van der Waals surface area contributed by atoms with Crippen molar-refractivity contribution in [1.82, 2.24) is 14.7 Å². The van der Waals surface area contributed by atoms with Crippen molar-refractivity contribution >= 4 is 22.1 Å². The van der Waals surface area contributed by atoms with Gasteiger partial charge in [0, 0.05) is 17.8 Å². The van der Waals surface area contributed by atoms with Gasteiger partial charge in [-0.25, -0.2) is 4.98 Å². The first-order valence-corrected chi connectivity index (χ1v) is 7.38. The summed E-state index contributed by atoms with van der Waals surface area (Å²) < 4.78 is 1.98. The number of thiazole rings is 1. The summed E-state index contributed by atoms with van der Waals surface area (Å²) in [7, 11) is 0. The van der Waals surface area contributed by atoms with E-state index in [-0.39, 0.29) is 11.8 Å². The predicted octanol–water partition coefficient (Wildman–Crippen LogP) is 2.04. The van der Waals surface area contributed by atoms with E-state index in [0.29, 0.717) is 6.42 Å². The topological polar surface area (TPSA) is 46.4 Å². The molecule has 2 aromatic rings. The average Bonchev–Trinajstić information content (AvgIpc) is 2.80. The highest BCUT2D eigenvalue weighted by atomic mass is 32.1. The molecule has 1 aliphatic heterocycles. The van der Waals surface area contributed by atoms with Crippen molar-refractivity contribution < 1.29 is 4.79 Å². The lowest BCUT2D eigenvalue weighted by atomic mass is 10.0. The van der Waals surface area contributed by atoms with Gasteiger partial charge in [0.15, 0.2) is 10.7 Å². The third-order valence-corrected chi connectivity index (χ3v) is 4.22. The Labute approximate surface area is 110 Å². The molecule has 1 saturated heterocycles. The summed E-state index contributed by atoms with van der Waals surface area (Å²) in [4.78, 5) is 17.6. The Kier molecular flexibility index (Phi) is 3.43. The van der Waals surface area contributed by atoms with Crippen LogP contribution in [0.25, 0.3) is 4.96 Å². The van der Waals surface area contributed by atoms with Crippen molar-refractivity contribution in [3.8, 4) is 0 Å². The van der Waals surface area contributed by atoms with Crippen LogP contribution in [-0.4, -0.2) is 27.8 Å². The summed E-state index contributed by atoms with van der Waals surface area (Å²) in [5, 5.41) is 5.35. The minimum atomic E-state index is 0.0345. The minimum Gasteiger partial charge on any atom is -0.307 e. The molecule has 2 aromatic heterocycles. The Morgan fingerprint density at radius 2 is 2.44 bits per heavy atom. The maximum absolute atomic E-state index is 12.2. The molecule has 1 fully saturated rings. The van der Waals surface area contributed by atoms with Gasteiger partial charge in [0.25, 0.3) is 0 Å². The molecule has 1 unspecified atom stereocenters. The van der Waals surface area contributed by atoms with Gasteiger partial charge in [-0.1, -0.05) is 12.8 Å². The normalized spacial score (nSPS) is 21.0. The van der Waals surface area contributed by atoms with E-state index in [1.165, 1.54) is 12.8 Å². The van der Waals surface area contributed by atoms with Gasteiger partial charge in [0.1, 0.15) is 0 Å². The number of Topliss-reactive ketones (excluding diaryl/α,β-unsaturated/α-hetero) is 1. The van der Waals surface area contributed by atoms with E-state index < -0.39 is 0 Å². The SMILES string of the molecule is O=C(Cc1cn2ccsc2n1)C1CCCCCN1. The fourth-order valence-corrected chi connectivity index (χ4v) is 3.19. The van der Waals surface area contributed by atoms with Crippen LogP contribution in [0.1, 0.15) is 31.4 Å². The lowest BCUT2D eigenvalue weighted by Crippen LogP contribution is -2.37. The van der Waals surface area contributed by atoms with Crippen LogP contribution in [0.4, 0.5) is 0 Å². The molecular formula is C13H17N3OS. The summed E-state index contributed by atoms with van der Waals surface area (Å²) in [6.07, 6.45) is 8.93. The third-order valence-electron chi connectivity index (χ3n) is 3.45. The molecule has 0 spiro atoms. The highest BCUT2D eigenvalue weighted by molar-refractivity contribution is 7.15. The molecule has 96 valence electrons. The number of aromatic nitrogens is 2.